The number of aliphatic hydroxyl groups is 1. The monoisotopic (exact) mass is 539 g/mol. The van der Waals surface area contributed by atoms with Gasteiger partial charge in [0, 0.05) is 35.7 Å². The highest BCUT2D eigenvalue weighted by Gasteiger charge is 2.26. The van der Waals surface area contributed by atoms with Gasteiger partial charge in [0.25, 0.3) is 11.5 Å². The number of anilines is 1. The first-order valence-electron chi connectivity index (χ1n) is 12.1. The van der Waals surface area contributed by atoms with Crippen LogP contribution in [0.5, 0.6) is 0 Å². The number of aliphatic hydroxyl groups excluding tert-OH is 1. The topological polar surface area (TPSA) is 118 Å². The summed E-state index contributed by atoms with van der Waals surface area (Å²) in [6.07, 6.45) is 0.709. The molecule has 5 rings (SSSR count). The van der Waals surface area contributed by atoms with E-state index in [0.29, 0.717) is 0 Å². The zero-order valence-corrected chi connectivity index (χ0v) is 21.0. The summed E-state index contributed by atoms with van der Waals surface area (Å²) in [7, 11) is 1.32. The Bertz CT molecular complexity index is 1630. The number of benzene rings is 2. The molecule has 2 heterocycles. The molecule has 1 unspecified atom stereocenters. The highest BCUT2D eigenvalue weighted by Crippen LogP contribution is 2.33. The van der Waals surface area contributed by atoms with E-state index < -0.39 is 47.4 Å². The van der Waals surface area contributed by atoms with E-state index in [9.17, 15) is 23.5 Å². The van der Waals surface area contributed by atoms with Crippen LogP contribution >= 0.6 is 0 Å². The maximum absolute atomic E-state index is 15.1. The minimum absolute atomic E-state index is 0.0376. The third kappa shape index (κ3) is 5.08. The van der Waals surface area contributed by atoms with Gasteiger partial charge in [-0.25, -0.2) is 18.2 Å². The van der Waals surface area contributed by atoms with Crippen LogP contribution in [0.2, 0.25) is 0 Å². The molecule has 0 spiro atoms. The maximum Gasteiger partial charge on any atom is 0.256 e. The first-order valence-corrected chi connectivity index (χ1v) is 12.1. The van der Waals surface area contributed by atoms with Crippen molar-refractivity contribution in [3.05, 3.63) is 81.4 Å². The van der Waals surface area contributed by atoms with Crippen molar-refractivity contribution in [1.82, 2.24) is 19.9 Å². The van der Waals surface area contributed by atoms with E-state index in [0.717, 1.165) is 47.7 Å². The Kier molecular flexibility index (Phi) is 7.06. The molecule has 4 aromatic rings. The average Bonchev–Trinajstić information content (AvgIpc) is 3.73. The summed E-state index contributed by atoms with van der Waals surface area (Å²) in [6.45, 7) is 1.01. The quantitative estimate of drug-likeness (QED) is 0.294. The number of hydrogen-bond acceptors (Lipinski definition) is 7. The third-order valence-electron chi connectivity index (χ3n) is 6.43. The second-order valence-corrected chi connectivity index (χ2v) is 9.14. The fraction of sp³-hybridized carbons (Fsp3) is 0.259. The minimum Gasteiger partial charge on any atom is -0.392 e. The summed E-state index contributed by atoms with van der Waals surface area (Å²) in [6, 6.07) is 8.23. The van der Waals surface area contributed by atoms with Crippen molar-refractivity contribution in [3.8, 4) is 16.9 Å². The largest absolute Gasteiger partial charge is 0.392 e. The van der Waals surface area contributed by atoms with Crippen LogP contribution in [0.3, 0.4) is 0 Å². The summed E-state index contributed by atoms with van der Waals surface area (Å²) in [4.78, 5) is 34.5. The van der Waals surface area contributed by atoms with Crippen LogP contribution in [0.4, 0.5) is 19.1 Å². The van der Waals surface area contributed by atoms with Crippen LogP contribution in [-0.2, 0) is 4.74 Å². The lowest BCUT2D eigenvalue weighted by atomic mass is 9.98. The average molecular weight is 540 g/mol. The predicted molar refractivity (Wildman–Crippen MR) is 137 cm³/mol. The Morgan fingerprint density at radius 2 is 1.85 bits per heavy atom. The summed E-state index contributed by atoms with van der Waals surface area (Å²) in [5, 5.41) is 15.3. The number of amides is 1. The number of para-hydroxylation sites is 1. The Morgan fingerprint density at radius 3 is 2.49 bits per heavy atom. The van der Waals surface area contributed by atoms with Crippen LogP contribution < -0.4 is 16.2 Å². The number of ether oxygens (including phenoxy) is 1. The van der Waals surface area contributed by atoms with Crippen molar-refractivity contribution in [2.45, 2.75) is 32.0 Å². The highest BCUT2D eigenvalue weighted by molar-refractivity contribution is 5.98. The fourth-order valence-electron chi connectivity index (χ4n) is 4.18. The summed E-state index contributed by atoms with van der Waals surface area (Å²) in [5.74, 6) is -3.33. The van der Waals surface area contributed by atoms with Crippen LogP contribution in [0, 0.1) is 24.4 Å². The Labute approximate surface area is 220 Å². The molecule has 202 valence electrons. The third-order valence-corrected chi connectivity index (χ3v) is 6.43. The normalized spacial score (nSPS) is 13.9. The lowest BCUT2D eigenvalue weighted by molar-refractivity contribution is 0.0681. The smallest absolute Gasteiger partial charge is 0.256 e. The van der Waals surface area contributed by atoms with Gasteiger partial charge >= 0.3 is 0 Å². The van der Waals surface area contributed by atoms with E-state index in [2.05, 4.69) is 20.6 Å². The summed E-state index contributed by atoms with van der Waals surface area (Å²) >= 11 is 0. The molecule has 39 heavy (non-hydrogen) atoms. The van der Waals surface area contributed by atoms with Crippen molar-refractivity contribution in [3.63, 3.8) is 0 Å². The van der Waals surface area contributed by atoms with Crippen molar-refractivity contribution < 1.29 is 27.8 Å². The number of aromatic nitrogens is 3. The number of carbonyl (C=O) groups excluding carboxylic acids is 1. The lowest BCUT2D eigenvalue weighted by Crippen LogP contribution is -2.28. The second kappa shape index (κ2) is 10.5. The molecule has 2 aromatic heterocycles. The molecule has 1 amide bonds. The van der Waals surface area contributed by atoms with Gasteiger partial charge in [-0.1, -0.05) is 6.07 Å². The molecular weight excluding hydrogens is 515 g/mol. The number of fused-ring (bicyclic) bond motifs is 1. The lowest BCUT2D eigenvalue weighted by Gasteiger charge is -2.19. The number of hydrogen-bond donors (Lipinski definition) is 3. The van der Waals surface area contributed by atoms with Crippen molar-refractivity contribution >= 4 is 22.9 Å². The van der Waals surface area contributed by atoms with Crippen LogP contribution in [0.25, 0.3) is 28.0 Å². The van der Waals surface area contributed by atoms with Gasteiger partial charge in [0.1, 0.15) is 23.1 Å². The van der Waals surface area contributed by atoms with E-state index in [1.807, 2.05) is 0 Å². The van der Waals surface area contributed by atoms with Gasteiger partial charge in [-0.3, -0.25) is 14.2 Å². The number of rotatable bonds is 8. The van der Waals surface area contributed by atoms with E-state index in [1.54, 1.807) is 0 Å². The van der Waals surface area contributed by atoms with Gasteiger partial charge in [0.05, 0.1) is 12.3 Å². The van der Waals surface area contributed by atoms with Crippen LogP contribution in [0.15, 0.2) is 47.3 Å². The van der Waals surface area contributed by atoms with E-state index in [1.165, 1.54) is 26.2 Å². The van der Waals surface area contributed by atoms with E-state index >= 15 is 4.39 Å². The molecule has 12 heteroatoms. The van der Waals surface area contributed by atoms with E-state index in [4.69, 9.17) is 4.74 Å². The van der Waals surface area contributed by atoms with Gasteiger partial charge in [-0.2, -0.15) is 4.98 Å². The molecule has 0 aliphatic heterocycles. The predicted octanol–water partition coefficient (Wildman–Crippen LogP) is 3.44. The Morgan fingerprint density at radius 1 is 1.13 bits per heavy atom. The molecule has 1 aliphatic rings. The molecule has 0 saturated heterocycles. The number of nitrogens with one attached hydrogen (secondary N) is 2. The first kappa shape index (κ1) is 26.3. The SMILES string of the molecule is COC(CO)Nc1nc(-c2cc(C(=O)NC3CC3)cc(F)c2C)c2ccc(=O)n(-c3c(F)cccc3F)c2n1. The molecule has 0 bridgehead atoms. The van der Waals surface area contributed by atoms with Crippen molar-refractivity contribution in [2.24, 2.45) is 0 Å². The van der Waals surface area contributed by atoms with Crippen molar-refractivity contribution in [1.29, 1.82) is 0 Å². The zero-order valence-electron chi connectivity index (χ0n) is 21.0. The molecule has 1 saturated carbocycles. The van der Waals surface area contributed by atoms with E-state index in [-0.39, 0.29) is 45.4 Å². The molecule has 0 radical (unpaired) electrons. The standard InChI is InChI=1S/C27H24F3N5O4/c1-13-17(10-14(11-20(13)30)26(38)31-15-6-7-15)23-16-8-9-22(37)35(24-18(28)4-3-5-19(24)29)25(16)34-27(33-23)32-21(12-36)39-2/h3-5,8-11,15,21,36H,6-7,12H2,1-2H3,(H,31,38)(H,32,33,34). The van der Waals surface area contributed by atoms with Crippen molar-refractivity contribution in [2.75, 3.05) is 19.0 Å². The number of methoxy groups -OCH3 is 1. The molecule has 1 atom stereocenters. The van der Waals surface area contributed by atoms with Gasteiger partial charge in [0.2, 0.25) is 5.95 Å². The second-order valence-electron chi connectivity index (χ2n) is 9.14. The first-order chi connectivity index (χ1) is 18.7. The Balaban J connectivity index is 1.81. The molecule has 3 N–H and O–H groups in total. The van der Waals surface area contributed by atoms with Gasteiger partial charge < -0.3 is 20.5 Å². The van der Waals surface area contributed by atoms with Gasteiger partial charge in [0.15, 0.2) is 11.9 Å². The van der Waals surface area contributed by atoms with Crippen LogP contribution in [0.1, 0.15) is 28.8 Å². The van der Waals surface area contributed by atoms with Gasteiger partial charge in [-0.05, 0) is 55.7 Å². The van der Waals surface area contributed by atoms with Gasteiger partial charge in [-0.15, -0.1) is 0 Å². The molecule has 1 aliphatic carbocycles. The molecule has 9 nitrogen and oxygen atoms in total. The number of pyridine rings is 1. The summed E-state index contributed by atoms with van der Waals surface area (Å²) in [5.41, 5.74) is -1.16. The molecular formula is C27H24F3N5O4. The highest BCUT2D eigenvalue weighted by atomic mass is 19.1. The number of nitrogens with zero attached hydrogens (tertiary/aromatic N) is 3. The fourth-order valence-corrected chi connectivity index (χ4v) is 4.18. The molecule has 2 aromatic carbocycles. The molecule has 1 fully saturated rings. The Hall–Kier alpha value is -4.29. The number of carbonyl (C=O) groups is 1. The minimum atomic E-state index is -1.01. The summed E-state index contributed by atoms with van der Waals surface area (Å²) < 4.78 is 50.7. The van der Waals surface area contributed by atoms with Crippen LogP contribution in [-0.4, -0.2) is 51.5 Å². The maximum atomic E-state index is 15.1. The number of halogens is 3. The zero-order chi connectivity index (χ0) is 27.8.